The standard InChI is InChI=1S/C21H22N6S/c1-2-26-12-10-17-19(26)23-18(13-22-17)27-11-6-9-16(14-27)21-25-24-20(28-21)15-7-4-3-5-8-15/h3-5,7-8,10,12-13,16H,2,6,9,11,14H2,1H3. The first-order chi connectivity index (χ1) is 13.8. The third-order valence-corrected chi connectivity index (χ3v) is 6.48. The summed E-state index contributed by atoms with van der Waals surface area (Å²) in [6.45, 7) is 4.95. The Kier molecular flexibility index (Phi) is 4.52. The van der Waals surface area contributed by atoms with E-state index >= 15 is 0 Å². The van der Waals surface area contributed by atoms with Crippen molar-refractivity contribution in [3.05, 3.63) is 53.8 Å². The lowest BCUT2D eigenvalue weighted by Gasteiger charge is -2.32. The van der Waals surface area contributed by atoms with Crippen LogP contribution >= 0.6 is 11.3 Å². The topological polar surface area (TPSA) is 59.7 Å². The summed E-state index contributed by atoms with van der Waals surface area (Å²) in [6, 6.07) is 12.3. The minimum Gasteiger partial charge on any atom is -0.355 e. The summed E-state index contributed by atoms with van der Waals surface area (Å²) in [7, 11) is 0. The number of aromatic nitrogens is 5. The Hall–Kier alpha value is -2.80. The fourth-order valence-electron chi connectivity index (χ4n) is 3.83. The molecule has 4 aromatic rings. The summed E-state index contributed by atoms with van der Waals surface area (Å²) >= 11 is 1.71. The lowest BCUT2D eigenvalue weighted by atomic mass is 9.99. The Bertz CT molecular complexity index is 1090. The van der Waals surface area contributed by atoms with Gasteiger partial charge in [0, 0.05) is 37.3 Å². The summed E-state index contributed by atoms with van der Waals surface area (Å²) in [4.78, 5) is 11.9. The Balaban J connectivity index is 1.39. The van der Waals surface area contributed by atoms with Crippen LogP contribution in [-0.2, 0) is 6.54 Å². The molecule has 1 aliphatic heterocycles. The van der Waals surface area contributed by atoms with Crippen molar-refractivity contribution < 1.29 is 0 Å². The van der Waals surface area contributed by atoms with E-state index in [1.807, 2.05) is 30.5 Å². The molecule has 7 heteroatoms. The predicted molar refractivity (Wildman–Crippen MR) is 113 cm³/mol. The van der Waals surface area contributed by atoms with E-state index in [4.69, 9.17) is 4.98 Å². The third-order valence-electron chi connectivity index (χ3n) is 5.35. The molecule has 0 spiro atoms. The second-order valence-corrected chi connectivity index (χ2v) is 8.14. The Morgan fingerprint density at radius 3 is 2.89 bits per heavy atom. The Morgan fingerprint density at radius 1 is 1.14 bits per heavy atom. The summed E-state index contributed by atoms with van der Waals surface area (Å²) < 4.78 is 2.14. The highest BCUT2D eigenvalue weighted by molar-refractivity contribution is 7.14. The molecule has 1 fully saturated rings. The second-order valence-electron chi connectivity index (χ2n) is 7.14. The number of fused-ring (bicyclic) bond motifs is 1. The molecule has 0 aliphatic carbocycles. The van der Waals surface area contributed by atoms with E-state index in [2.05, 4.69) is 49.9 Å². The van der Waals surface area contributed by atoms with Crippen LogP contribution in [0.15, 0.2) is 48.8 Å². The lowest BCUT2D eigenvalue weighted by molar-refractivity contribution is 0.503. The van der Waals surface area contributed by atoms with Crippen molar-refractivity contribution in [1.29, 1.82) is 0 Å². The lowest BCUT2D eigenvalue weighted by Crippen LogP contribution is -2.35. The zero-order valence-corrected chi connectivity index (χ0v) is 16.6. The largest absolute Gasteiger partial charge is 0.355 e. The van der Waals surface area contributed by atoms with Gasteiger partial charge in [-0.1, -0.05) is 41.7 Å². The van der Waals surface area contributed by atoms with E-state index in [1.54, 1.807) is 11.3 Å². The van der Waals surface area contributed by atoms with Crippen LogP contribution in [-0.4, -0.2) is 37.8 Å². The number of anilines is 1. The van der Waals surface area contributed by atoms with Crippen LogP contribution in [0.5, 0.6) is 0 Å². The molecule has 1 saturated heterocycles. The molecule has 4 heterocycles. The molecule has 142 valence electrons. The van der Waals surface area contributed by atoms with Gasteiger partial charge < -0.3 is 9.47 Å². The van der Waals surface area contributed by atoms with Gasteiger partial charge in [0.1, 0.15) is 21.3 Å². The van der Waals surface area contributed by atoms with Crippen molar-refractivity contribution in [2.75, 3.05) is 18.0 Å². The molecule has 3 aromatic heterocycles. The molecule has 28 heavy (non-hydrogen) atoms. The third kappa shape index (κ3) is 3.16. The van der Waals surface area contributed by atoms with Gasteiger partial charge in [0.2, 0.25) is 0 Å². The summed E-state index contributed by atoms with van der Waals surface area (Å²) in [6.07, 6.45) is 6.22. The minimum atomic E-state index is 0.388. The van der Waals surface area contributed by atoms with Crippen LogP contribution < -0.4 is 4.90 Å². The van der Waals surface area contributed by atoms with Crippen molar-refractivity contribution in [3.8, 4) is 10.6 Å². The highest BCUT2D eigenvalue weighted by Crippen LogP contribution is 2.33. The van der Waals surface area contributed by atoms with Gasteiger partial charge in [-0.25, -0.2) is 9.97 Å². The average molecular weight is 391 g/mol. The van der Waals surface area contributed by atoms with Crippen LogP contribution in [0, 0.1) is 0 Å². The maximum atomic E-state index is 4.90. The SMILES string of the molecule is CCn1ccc2ncc(N3CCCC(c4nnc(-c5ccccc5)s4)C3)nc21. The van der Waals surface area contributed by atoms with Crippen molar-refractivity contribution in [3.63, 3.8) is 0 Å². The number of piperidine rings is 1. The highest BCUT2D eigenvalue weighted by Gasteiger charge is 2.26. The van der Waals surface area contributed by atoms with Gasteiger partial charge in [-0.15, -0.1) is 10.2 Å². The molecule has 0 bridgehead atoms. The highest BCUT2D eigenvalue weighted by atomic mass is 32.1. The molecule has 0 N–H and O–H groups in total. The Morgan fingerprint density at radius 2 is 2.04 bits per heavy atom. The molecule has 0 amide bonds. The van der Waals surface area contributed by atoms with E-state index in [-0.39, 0.29) is 0 Å². The summed E-state index contributed by atoms with van der Waals surface area (Å²) in [5, 5.41) is 11.1. The molecule has 0 radical (unpaired) electrons. The van der Waals surface area contributed by atoms with Gasteiger partial charge in [0.05, 0.1) is 6.20 Å². The summed E-state index contributed by atoms with van der Waals surface area (Å²) in [5.74, 6) is 1.34. The first kappa shape index (κ1) is 17.3. The van der Waals surface area contributed by atoms with Crippen molar-refractivity contribution in [1.82, 2.24) is 24.7 Å². The fraction of sp³-hybridized carbons (Fsp3) is 0.333. The minimum absolute atomic E-state index is 0.388. The number of nitrogens with zero attached hydrogens (tertiary/aromatic N) is 6. The molecular weight excluding hydrogens is 368 g/mol. The quantitative estimate of drug-likeness (QED) is 0.518. The maximum Gasteiger partial charge on any atom is 0.161 e. The van der Waals surface area contributed by atoms with Crippen molar-refractivity contribution in [2.24, 2.45) is 0 Å². The number of rotatable bonds is 4. The van der Waals surface area contributed by atoms with E-state index < -0.39 is 0 Å². The average Bonchev–Trinajstić information content (AvgIpc) is 3.41. The van der Waals surface area contributed by atoms with E-state index in [0.29, 0.717) is 5.92 Å². The molecule has 6 nitrogen and oxygen atoms in total. The fourth-order valence-corrected chi connectivity index (χ4v) is 4.81. The normalized spacial score (nSPS) is 17.3. The van der Waals surface area contributed by atoms with Crippen molar-refractivity contribution in [2.45, 2.75) is 32.2 Å². The van der Waals surface area contributed by atoms with Crippen LogP contribution in [0.1, 0.15) is 30.7 Å². The second kappa shape index (κ2) is 7.31. The molecule has 1 atom stereocenters. The van der Waals surface area contributed by atoms with Crippen LogP contribution in [0.25, 0.3) is 21.7 Å². The van der Waals surface area contributed by atoms with E-state index in [0.717, 1.165) is 65.0 Å². The number of hydrogen-bond acceptors (Lipinski definition) is 6. The van der Waals surface area contributed by atoms with Crippen LogP contribution in [0.4, 0.5) is 5.82 Å². The van der Waals surface area contributed by atoms with Crippen molar-refractivity contribution >= 4 is 28.3 Å². The molecule has 5 rings (SSSR count). The van der Waals surface area contributed by atoms with Crippen LogP contribution in [0.3, 0.4) is 0 Å². The summed E-state index contributed by atoms with van der Waals surface area (Å²) in [5.41, 5.74) is 3.05. The number of hydrogen-bond donors (Lipinski definition) is 0. The molecule has 1 unspecified atom stereocenters. The van der Waals surface area contributed by atoms with Gasteiger partial charge >= 0.3 is 0 Å². The van der Waals surface area contributed by atoms with Crippen LogP contribution in [0.2, 0.25) is 0 Å². The molecular formula is C21H22N6S. The zero-order valence-electron chi connectivity index (χ0n) is 15.8. The maximum absolute atomic E-state index is 4.90. The first-order valence-corrected chi connectivity index (χ1v) is 10.6. The predicted octanol–water partition coefficient (Wildman–Crippen LogP) is 4.35. The van der Waals surface area contributed by atoms with Gasteiger partial charge in [-0.2, -0.15) is 0 Å². The van der Waals surface area contributed by atoms with Gasteiger partial charge in [0.15, 0.2) is 5.65 Å². The Labute approximate surface area is 167 Å². The number of benzene rings is 1. The van der Waals surface area contributed by atoms with Gasteiger partial charge in [-0.05, 0) is 25.8 Å². The molecule has 0 saturated carbocycles. The van der Waals surface area contributed by atoms with Gasteiger partial charge in [0.25, 0.3) is 0 Å². The van der Waals surface area contributed by atoms with Gasteiger partial charge in [-0.3, -0.25) is 0 Å². The first-order valence-electron chi connectivity index (χ1n) is 9.77. The number of aryl methyl sites for hydroxylation is 1. The zero-order chi connectivity index (χ0) is 18.9. The molecule has 1 aliphatic rings. The molecule has 1 aromatic carbocycles. The van der Waals surface area contributed by atoms with E-state index in [1.165, 1.54) is 0 Å². The smallest absolute Gasteiger partial charge is 0.161 e. The monoisotopic (exact) mass is 390 g/mol. The van der Waals surface area contributed by atoms with E-state index in [9.17, 15) is 0 Å².